The number of carbonyl (C=O) groups is 1. The summed E-state index contributed by atoms with van der Waals surface area (Å²) in [4.78, 5) is 28.2. The summed E-state index contributed by atoms with van der Waals surface area (Å²) in [6, 6.07) is 8.94. The second-order valence-electron chi connectivity index (χ2n) is 5.03. The topological polar surface area (TPSA) is 52.0 Å². The molecule has 2 aromatic rings. The molecule has 0 amide bonds. The zero-order chi connectivity index (χ0) is 13.9. The Morgan fingerprint density at radius 1 is 1.10 bits per heavy atom. The lowest BCUT2D eigenvalue weighted by Crippen LogP contribution is -2.28. The van der Waals surface area contributed by atoms with Crippen LogP contribution >= 0.6 is 0 Å². The highest BCUT2D eigenvalue weighted by molar-refractivity contribution is 5.97. The van der Waals surface area contributed by atoms with Crippen LogP contribution in [0.1, 0.15) is 34.6 Å². The fourth-order valence-electron chi connectivity index (χ4n) is 2.71. The van der Waals surface area contributed by atoms with Gasteiger partial charge >= 0.3 is 0 Å². The highest BCUT2D eigenvalue weighted by Gasteiger charge is 2.20. The molecular weight excluding hydrogens is 252 g/mol. The molecule has 2 aromatic heterocycles. The van der Waals surface area contributed by atoms with Crippen LogP contribution in [0.2, 0.25) is 0 Å². The molecule has 0 spiro atoms. The molecule has 102 valence electrons. The average Bonchev–Trinajstić information content (AvgIpc) is 2.47. The van der Waals surface area contributed by atoms with Crippen LogP contribution in [0, 0.1) is 0 Å². The van der Waals surface area contributed by atoms with Crippen molar-refractivity contribution in [2.75, 3.05) is 0 Å². The average molecular weight is 268 g/mol. The molecular formula is C16H16N2O2. The lowest BCUT2D eigenvalue weighted by molar-refractivity contribution is 0.0970. The van der Waals surface area contributed by atoms with Crippen molar-refractivity contribution < 1.29 is 4.79 Å². The Kier molecular flexibility index (Phi) is 3.46. The Labute approximate surface area is 117 Å². The van der Waals surface area contributed by atoms with Crippen LogP contribution in [0.15, 0.2) is 41.3 Å². The maximum atomic E-state index is 12.1. The third-order valence-corrected chi connectivity index (χ3v) is 3.73. The van der Waals surface area contributed by atoms with Crippen LogP contribution in [0.4, 0.5) is 0 Å². The van der Waals surface area contributed by atoms with Gasteiger partial charge in [-0.25, -0.2) is 0 Å². The van der Waals surface area contributed by atoms with Gasteiger partial charge in [-0.15, -0.1) is 0 Å². The molecule has 1 aliphatic rings. The third kappa shape index (κ3) is 2.41. The first-order valence-corrected chi connectivity index (χ1v) is 6.91. The minimum Gasteiger partial charge on any atom is -0.312 e. The van der Waals surface area contributed by atoms with Gasteiger partial charge in [0.15, 0.2) is 5.78 Å². The van der Waals surface area contributed by atoms with E-state index in [1.165, 1.54) is 6.07 Å². The number of pyridine rings is 2. The van der Waals surface area contributed by atoms with Crippen LogP contribution < -0.4 is 5.56 Å². The summed E-state index contributed by atoms with van der Waals surface area (Å²) in [5, 5.41) is 0. The Bertz CT molecular complexity index is 689. The molecule has 3 rings (SSSR count). The summed E-state index contributed by atoms with van der Waals surface area (Å²) in [6.45, 7) is 0.576. The van der Waals surface area contributed by atoms with Crippen molar-refractivity contribution in [2.45, 2.75) is 32.2 Å². The summed E-state index contributed by atoms with van der Waals surface area (Å²) < 4.78 is 1.74. The van der Waals surface area contributed by atoms with Gasteiger partial charge in [0.25, 0.3) is 5.56 Å². The number of ketones is 1. The first-order valence-electron chi connectivity index (χ1n) is 6.91. The molecule has 0 atom stereocenters. The number of carbonyl (C=O) groups excluding carboxylic acids is 1. The van der Waals surface area contributed by atoms with Crippen molar-refractivity contribution >= 4 is 5.78 Å². The number of hydrogen-bond donors (Lipinski definition) is 0. The van der Waals surface area contributed by atoms with E-state index in [1.54, 1.807) is 16.8 Å². The molecule has 4 nitrogen and oxygen atoms in total. The van der Waals surface area contributed by atoms with Crippen LogP contribution in [0.5, 0.6) is 0 Å². The largest absolute Gasteiger partial charge is 0.312 e. The van der Waals surface area contributed by atoms with Crippen LogP contribution in [0.25, 0.3) is 0 Å². The molecule has 2 heterocycles. The summed E-state index contributed by atoms with van der Waals surface area (Å²) >= 11 is 0. The summed E-state index contributed by atoms with van der Waals surface area (Å²) in [5.74, 6) is 0.151. The van der Waals surface area contributed by atoms with Gasteiger partial charge in [-0.1, -0.05) is 6.07 Å². The maximum Gasteiger partial charge on any atom is 0.250 e. The Hall–Kier alpha value is -2.23. The number of hydrogen-bond acceptors (Lipinski definition) is 3. The third-order valence-electron chi connectivity index (χ3n) is 3.73. The predicted molar refractivity (Wildman–Crippen MR) is 75.9 cm³/mol. The van der Waals surface area contributed by atoms with E-state index < -0.39 is 0 Å². The molecule has 0 unspecified atom stereocenters. The lowest BCUT2D eigenvalue weighted by Gasteiger charge is -2.19. The Morgan fingerprint density at radius 2 is 2.00 bits per heavy atom. The fourth-order valence-corrected chi connectivity index (χ4v) is 2.71. The second kappa shape index (κ2) is 5.41. The molecule has 1 aliphatic carbocycles. The number of fused-ring (bicyclic) bond motifs is 1. The number of Topliss-reactive ketones (excluding diaryl/α,β-unsaturated/α-hetero) is 1. The fraction of sp³-hybridized carbons (Fsp3) is 0.312. The van der Waals surface area contributed by atoms with Gasteiger partial charge < -0.3 is 4.57 Å². The number of rotatable bonds is 3. The summed E-state index contributed by atoms with van der Waals surface area (Å²) in [6.07, 6.45) is 4.68. The molecule has 0 aromatic carbocycles. The van der Waals surface area contributed by atoms with E-state index in [0.29, 0.717) is 19.4 Å². The van der Waals surface area contributed by atoms with Crippen molar-refractivity contribution in [2.24, 2.45) is 0 Å². The molecule has 0 saturated carbocycles. The minimum atomic E-state index is -0.0330. The van der Waals surface area contributed by atoms with Gasteiger partial charge in [0, 0.05) is 48.6 Å². The second-order valence-corrected chi connectivity index (χ2v) is 5.03. The molecule has 0 saturated heterocycles. The number of nitrogens with zero attached hydrogens (tertiary/aromatic N) is 2. The van der Waals surface area contributed by atoms with Crippen molar-refractivity contribution in [3.05, 3.63) is 63.8 Å². The predicted octanol–water partition coefficient (Wildman–Crippen LogP) is 2.00. The van der Waals surface area contributed by atoms with Crippen molar-refractivity contribution in [3.63, 3.8) is 0 Å². The van der Waals surface area contributed by atoms with Gasteiger partial charge in [-0.05, 0) is 31.0 Å². The normalized spacial score (nSPS) is 14.1. The zero-order valence-corrected chi connectivity index (χ0v) is 11.2. The Balaban J connectivity index is 1.91. The van der Waals surface area contributed by atoms with E-state index in [4.69, 9.17) is 0 Å². The molecule has 0 N–H and O–H groups in total. The van der Waals surface area contributed by atoms with E-state index in [9.17, 15) is 9.59 Å². The highest BCUT2D eigenvalue weighted by Crippen LogP contribution is 2.19. The van der Waals surface area contributed by atoms with Crippen LogP contribution in [0.3, 0.4) is 0 Å². The van der Waals surface area contributed by atoms with Gasteiger partial charge in [0.2, 0.25) is 0 Å². The van der Waals surface area contributed by atoms with Crippen LogP contribution in [-0.4, -0.2) is 15.3 Å². The quantitative estimate of drug-likeness (QED) is 0.855. The van der Waals surface area contributed by atoms with Gasteiger partial charge in [0.1, 0.15) is 0 Å². The lowest BCUT2D eigenvalue weighted by atomic mass is 9.94. The minimum absolute atomic E-state index is 0.0330. The van der Waals surface area contributed by atoms with E-state index in [1.807, 2.05) is 18.2 Å². The Morgan fingerprint density at radius 3 is 2.80 bits per heavy atom. The molecule has 20 heavy (non-hydrogen) atoms. The van der Waals surface area contributed by atoms with Crippen LogP contribution in [-0.2, 0) is 19.4 Å². The SMILES string of the molecule is O=C1CCCc2c1ccc(=O)n2CCc1ccccn1. The monoisotopic (exact) mass is 268 g/mol. The van der Waals surface area contributed by atoms with Crippen molar-refractivity contribution in [1.82, 2.24) is 9.55 Å². The zero-order valence-electron chi connectivity index (χ0n) is 11.2. The van der Waals surface area contributed by atoms with E-state index in [2.05, 4.69) is 4.98 Å². The van der Waals surface area contributed by atoms with Gasteiger partial charge in [-0.2, -0.15) is 0 Å². The smallest absolute Gasteiger partial charge is 0.250 e. The maximum absolute atomic E-state index is 12.1. The standard InChI is InChI=1S/C16H16N2O2/c19-15-6-3-5-14-13(15)7-8-16(20)18(14)11-9-12-4-1-2-10-17-12/h1-2,4,7-8,10H,3,5-6,9,11H2. The van der Waals surface area contributed by atoms with E-state index >= 15 is 0 Å². The van der Waals surface area contributed by atoms with Crippen molar-refractivity contribution in [1.29, 1.82) is 0 Å². The number of aryl methyl sites for hydroxylation is 1. The molecule has 0 radical (unpaired) electrons. The first-order chi connectivity index (χ1) is 9.75. The van der Waals surface area contributed by atoms with E-state index in [0.717, 1.165) is 29.8 Å². The van der Waals surface area contributed by atoms with Gasteiger partial charge in [0.05, 0.1) is 0 Å². The highest BCUT2D eigenvalue weighted by atomic mass is 16.1. The number of aromatic nitrogens is 2. The molecule has 4 heteroatoms. The molecule has 0 aliphatic heterocycles. The summed E-state index contributed by atoms with van der Waals surface area (Å²) in [5.41, 5.74) is 2.54. The molecule has 0 fully saturated rings. The van der Waals surface area contributed by atoms with Gasteiger partial charge in [-0.3, -0.25) is 14.6 Å². The first kappa shape index (κ1) is 12.8. The van der Waals surface area contributed by atoms with E-state index in [-0.39, 0.29) is 11.3 Å². The molecule has 0 bridgehead atoms. The van der Waals surface area contributed by atoms with Crippen molar-refractivity contribution in [3.8, 4) is 0 Å². The summed E-state index contributed by atoms with van der Waals surface area (Å²) in [7, 11) is 0.